The van der Waals surface area contributed by atoms with Crippen molar-refractivity contribution in [3.05, 3.63) is 90.5 Å². The highest BCUT2D eigenvalue weighted by Crippen LogP contribution is 2.29. The Hall–Kier alpha value is -3.71. The van der Waals surface area contributed by atoms with Gasteiger partial charge >= 0.3 is 0 Å². The second kappa shape index (κ2) is 10.9. The Morgan fingerprint density at radius 2 is 1.62 bits per heavy atom. The van der Waals surface area contributed by atoms with Gasteiger partial charge in [0.15, 0.2) is 5.11 Å². The fourth-order valence-electron chi connectivity index (χ4n) is 3.85. The van der Waals surface area contributed by atoms with E-state index in [4.69, 9.17) is 17.0 Å². The Balaban J connectivity index is 1.51. The van der Waals surface area contributed by atoms with Crippen LogP contribution in [0.2, 0.25) is 0 Å². The van der Waals surface area contributed by atoms with Crippen LogP contribution in [-0.4, -0.2) is 34.5 Å². The summed E-state index contributed by atoms with van der Waals surface area (Å²) in [7, 11) is 0. The highest BCUT2D eigenvalue weighted by atomic mass is 32.1. The molecule has 7 heteroatoms. The molecule has 2 amide bonds. The van der Waals surface area contributed by atoms with Gasteiger partial charge < -0.3 is 15.0 Å². The maximum Gasteiger partial charge on any atom is 0.256 e. The SMILES string of the molecule is CCCOc1ccc(NC(=O)CC2C(=O)N(c3ccccc3)C(=S)N2Cc2ccccc2)cc1. The van der Waals surface area contributed by atoms with Crippen molar-refractivity contribution in [2.75, 3.05) is 16.8 Å². The Labute approximate surface area is 205 Å². The third-order valence-electron chi connectivity index (χ3n) is 5.52. The fraction of sp³-hybridized carbons (Fsp3) is 0.222. The lowest BCUT2D eigenvalue weighted by Gasteiger charge is -2.24. The quantitative estimate of drug-likeness (QED) is 0.443. The number of carbonyl (C=O) groups excluding carboxylic acids is 2. The number of hydrogen-bond acceptors (Lipinski definition) is 4. The van der Waals surface area contributed by atoms with Gasteiger partial charge in [-0.1, -0.05) is 55.5 Å². The first-order valence-electron chi connectivity index (χ1n) is 11.3. The Morgan fingerprint density at radius 1 is 0.971 bits per heavy atom. The van der Waals surface area contributed by atoms with Crippen LogP contribution in [0.15, 0.2) is 84.9 Å². The van der Waals surface area contributed by atoms with Crippen molar-refractivity contribution in [2.24, 2.45) is 0 Å². The average Bonchev–Trinajstić information content (AvgIpc) is 3.08. The second-order valence-electron chi connectivity index (χ2n) is 8.05. The molecule has 1 N–H and O–H groups in total. The molecule has 1 aliphatic heterocycles. The molecule has 0 aromatic heterocycles. The largest absolute Gasteiger partial charge is 0.494 e. The van der Waals surface area contributed by atoms with Gasteiger partial charge in [0.25, 0.3) is 5.91 Å². The van der Waals surface area contributed by atoms with Gasteiger partial charge in [0.1, 0.15) is 11.8 Å². The number of thiocarbonyl (C=S) groups is 1. The minimum Gasteiger partial charge on any atom is -0.494 e. The van der Waals surface area contributed by atoms with Gasteiger partial charge in [0.05, 0.1) is 18.7 Å². The third-order valence-corrected chi connectivity index (χ3v) is 5.94. The van der Waals surface area contributed by atoms with Gasteiger partial charge in [-0.15, -0.1) is 0 Å². The summed E-state index contributed by atoms with van der Waals surface area (Å²) in [6, 6.07) is 25.6. The molecule has 3 aromatic carbocycles. The zero-order valence-corrected chi connectivity index (χ0v) is 19.8. The van der Waals surface area contributed by atoms with E-state index in [9.17, 15) is 9.59 Å². The van der Waals surface area contributed by atoms with Crippen LogP contribution < -0.4 is 15.0 Å². The summed E-state index contributed by atoms with van der Waals surface area (Å²) in [5.74, 6) is 0.297. The minimum atomic E-state index is -0.694. The van der Waals surface area contributed by atoms with Crippen LogP contribution in [0.1, 0.15) is 25.3 Å². The normalized spacial score (nSPS) is 15.5. The van der Waals surface area contributed by atoms with Crippen LogP contribution in [0, 0.1) is 0 Å². The summed E-state index contributed by atoms with van der Waals surface area (Å²) in [6.45, 7) is 3.13. The molecule has 0 radical (unpaired) electrons. The zero-order valence-electron chi connectivity index (χ0n) is 19.0. The molecule has 1 fully saturated rings. The molecule has 1 aliphatic rings. The van der Waals surface area contributed by atoms with Crippen LogP contribution in [0.4, 0.5) is 11.4 Å². The van der Waals surface area contributed by atoms with Gasteiger partial charge in [-0.05, 0) is 60.6 Å². The maximum atomic E-state index is 13.5. The molecule has 0 spiro atoms. The standard InChI is InChI=1S/C27H27N3O3S/c1-2-17-33-23-15-13-21(14-16-23)28-25(31)18-24-26(32)30(22-11-7-4-8-12-22)27(34)29(24)19-20-9-5-3-6-10-20/h3-16,24H,2,17-19H2,1H3,(H,28,31). The van der Waals surface area contributed by atoms with Gasteiger partial charge in [0, 0.05) is 12.2 Å². The Morgan fingerprint density at radius 3 is 2.26 bits per heavy atom. The lowest BCUT2D eigenvalue weighted by Crippen LogP contribution is -2.37. The molecule has 3 aromatic rings. The lowest BCUT2D eigenvalue weighted by atomic mass is 10.1. The second-order valence-corrected chi connectivity index (χ2v) is 8.41. The third kappa shape index (κ3) is 5.43. The van der Waals surface area contributed by atoms with E-state index in [2.05, 4.69) is 5.32 Å². The average molecular weight is 474 g/mol. The van der Waals surface area contributed by atoms with Crippen molar-refractivity contribution >= 4 is 40.5 Å². The van der Waals surface area contributed by atoms with E-state index in [0.717, 1.165) is 17.7 Å². The topological polar surface area (TPSA) is 61.9 Å². The summed E-state index contributed by atoms with van der Waals surface area (Å²) in [6.07, 6.45) is 0.915. The molecule has 0 saturated carbocycles. The molecule has 1 heterocycles. The summed E-state index contributed by atoms with van der Waals surface area (Å²) >= 11 is 5.71. The highest BCUT2D eigenvalue weighted by Gasteiger charge is 2.44. The first kappa shape index (κ1) is 23.4. The van der Waals surface area contributed by atoms with Crippen molar-refractivity contribution in [3.63, 3.8) is 0 Å². The number of nitrogens with zero attached hydrogens (tertiary/aromatic N) is 2. The van der Waals surface area contributed by atoms with Crippen LogP contribution >= 0.6 is 12.2 Å². The smallest absolute Gasteiger partial charge is 0.256 e. The molecule has 1 atom stereocenters. The number of hydrogen-bond donors (Lipinski definition) is 1. The lowest BCUT2D eigenvalue weighted by molar-refractivity contribution is -0.124. The molecule has 0 bridgehead atoms. The Kier molecular flexibility index (Phi) is 7.54. The summed E-state index contributed by atoms with van der Waals surface area (Å²) in [5.41, 5.74) is 2.36. The van der Waals surface area contributed by atoms with E-state index in [1.54, 1.807) is 12.1 Å². The molecule has 6 nitrogen and oxygen atoms in total. The van der Waals surface area contributed by atoms with Crippen LogP contribution in [0.25, 0.3) is 0 Å². The fourth-order valence-corrected chi connectivity index (χ4v) is 4.24. The maximum absolute atomic E-state index is 13.5. The number of anilines is 2. The molecule has 0 aliphatic carbocycles. The number of benzene rings is 3. The number of ether oxygens (including phenoxy) is 1. The van der Waals surface area contributed by atoms with E-state index < -0.39 is 6.04 Å². The van der Waals surface area contributed by atoms with E-state index in [-0.39, 0.29) is 18.2 Å². The zero-order chi connectivity index (χ0) is 23.9. The minimum absolute atomic E-state index is 0.0107. The van der Waals surface area contributed by atoms with E-state index in [1.807, 2.05) is 84.6 Å². The van der Waals surface area contributed by atoms with E-state index in [0.29, 0.717) is 29.6 Å². The summed E-state index contributed by atoms with van der Waals surface area (Å²) in [5, 5.41) is 3.29. The molecular formula is C27H27N3O3S. The number of carbonyl (C=O) groups is 2. The first-order chi connectivity index (χ1) is 16.6. The van der Waals surface area contributed by atoms with Crippen molar-refractivity contribution < 1.29 is 14.3 Å². The number of nitrogens with one attached hydrogen (secondary N) is 1. The van der Waals surface area contributed by atoms with Crippen molar-refractivity contribution in [1.82, 2.24) is 4.90 Å². The van der Waals surface area contributed by atoms with Gasteiger partial charge in [-0.3, -0.25) is 14.5 Å². The van der Waals surface area contributed by atoms with Crippen LogP contribution in [0.3, 0.4) is 0 Å². The van der Waals surface area contributed by atoms with Crippen molar-refractivity contribution in [3.8, 4) is 5.75 Å². The predicted octanol–water partition coefficient (Wildman–Crippen LogP) is 5.01. The molecular weight excluding hydrogens is 446 g/mol. The first-order valence-corrected chi connectivity index (χ1v) is 11.7. The number of para-hydroxylation sites is 1. The molecule has 1 saturated heterocycles. The highest BCUT2D eigenvalue weighted by molar-refractivity contribution is 7.80. The van der Waals surface area contributed by atoms with Crippen molar-refractivity contribution in [2.45, 2.75) is 32.4 Å². The van der Waals surface area contributed by atoms with Gasteiger partial charge in [-0.2, -0.15) is 0 Å². The van der Waals surface area contributed by atoms with Crippen molar-refractivity contribution in [1.29, 1.82) is 0 Å². The van der Waals surface area contributed by atoms with Crippen LogP contribution in [-0.2, 0) is 16.1 Å². The monoisotopic (exact) mass is 473 g/mol. The van der Waals surface area contributed by atoms with Gasteiger partial charge in [-0.25, -0.2) is 0 Å². The van der Waals surface area contributed by atoms with Gasteiger partial charge in [0.2, 0.25) is 5.91 Å². The number of amides is 2. The summed E-state index contributed by atoms with van der Waals surface area (Å²) < 4.78 is 5.59. The van der Waals surface area contributed by atoms with E-state index >= 15 is 0 Å². The molecule has 174 valence electrons. The molecule has 1 unspecified atom stereocenters. The predicted molar refractivity (Wildman–Crippen MR) is 138 cm³/mol. The molecule has 4 rings (SSSR count). The summed E-state index contributed by atoms with van der Waals surface area (Å²) in [4.78, 5) is 29.7. The molecule has 34 heavy (non-hydrogen) atoms. The number of rotatable bonds is 9. The Bertz CT molecular complexity index is 1140. The van der Waals surface area contributed by atoms with E-state index in [1.165, 1.54) is 4.90 Å². The van der Waals surface area contributed by atoms with Crippen LogP contribution in [0.5, 0.6) is 5.75 Å².